The van der Waals surface area contributed by atoms with E-state index >= 15 is 0 Å². The smallest absolute Gasteiger partial charge is 0.355 e. The van der Waals surface area contributed by atoms with Crippen molar-refractivity contribution in [3.8, 4) is 0 Å². The summed E-state index contributed by atoms with van der Waals surface area (Å²) in [5.74, 6) is 0.151. The van der Waals surface area contributed by atoms with Crippen molar-refractivity contribution < 1.29 is 22.8 Å². The van der Waals surface area contributed by atoms with E-state index < -0.39 is 17.8 Å². The molecule has 4 rings (SSSR count). The first-order valence-corrected chi connectivity index (χ1v) is 9.44. The number of halogens is 3. The van der Waals surface area contributed by atoms with E-state index in [1.165, 1.54) is 19.2 Å². The van der Waals surface area contributed by atoms with Crippen LogP contribution in [0.15, 0.2) is 18.3 Å². The lowest BCUT2D eigenvalue weighted by atomic mass is 9.79. The zero-order chi connectivity index (χ0) is 22.2. The van der Waals surface area contributed by atoms with Crippen LogP contribution in [0.3, 0.4) is 0 Å². The Morgan fingerprint density at radius 1 is 1.19 bits per heavy atom. The van der Waals surface area contributed by atoms with Crippen LogP contribution in [0.1, 0.15) is 28.4 Å². The zero-order valence-electron chi connectivity index (χ0n) is 16.5. The van der Waals surface area contributed by atoms with Crippen molar-refractivity contribution in [1.29, 1.82) is 0 Å². The van der Waals surface area contributed by atoms with Gasteiger partial charge in [-0.2, -0.15) is 13.2 Å². The summed E-state index contributed by atoms with van der Waals surface area (Å²) in [7, 11) is 0. The summed E-state index contributed by atoms with van der Waals surface area (Å²) in [5.41, 5.74) is 3.29. The van der Waals surface area contributed by atoms with Crippen LogP contribution in [0, 0.1) is 12.3 Å². The fraction of sp³-hybridized carbons (Fsp3) is 0.444. The molecule has 2 aromatic heterocycles. The van der Waals surface area contributed by atoms with E-state index in [4.69, 9.17) is 0 Å². The lowest BCUT2D eigenvalue weighted by molar-refractivity contribution is -0.141. The summed E-state index contributed by atoms with van der Waals surface area (Å²) < 4.78 is 39.1. The maximum atomic E-state index is 13.0. The minimum absolute atomic E-state index is 0.0754. The molecule has 2 N–H and O–H groups in total. The second-order valence-electron chi connectivity index (χ2n) is 7.64. The lowest BCUT2D eigenvalue weighted by Gasteiger charge is -2.48. The van der Waals surface area contributed by atoms with Gasteiger partial charge >= 0.3 is 6.18 Å². The molecular formula is C18H19F3N8O2. The Bertz CT molecular complexity index is 1010. The number of carbonyl (C=O) groups excluding carboxylic acids is 2. The minimum Gasteiger partial charge on any atom is -0.355 e. The molecule has 0 atom stereocenters. The summed E-state index contributed by atoms with van der Waals surface area (Å²) in [4.78, 5) is 42.1. The normalized spacial score (nSPS) is 17.4. The largest absolute Gasteiger partial charge is 0.433 e. The van der Waals surface area contributed by atoms with E-state index in [2.05, 4.69) is 30.8 Å². The summed E-state index contributed by atoms with van der Waals surface area (Å²) in [6, 6.07) is 2.41. The molecule has 13 heteroatoms. The van der Waals surface area contributed by atoms with Crippen molar-refractivity contribution in [3.05, 3.63) is 35.5 Å². The number of hydrazine groups is 1. The van der Waals surface area contributed by atoms with Crippen molar-refractivity contribution in [3.63, 3.8) is 0 Å². The highest BCUT2D eigenvalue weighted by Gasteiger charge is 2.49. The monoisotopic (exact) mass is 436 g/mol. The number of rotatable bonds is 5. The van der Waals surface area contributed by atoms with Gasteiger partial charge in [-0.3, -0.25) is 20.4 Å². The van der Waals surface area contributed by atoms with Crippen molar-refractivity contribution in [2.75, 3.05) is 36.0 Å². The molecule has 0 aromatic carbocycles. The van der Waals surface area contributed by atoms with E-state index in [1.54, 1.807) is 0 Å². The van der Waals surface area contributed by atoms with Gasteiger partial charge in [-0.1, -0.05) is 0 Å². The van der Waals surface area contributed by atoms with Gasteiger partial charge in [0, 0.05) is 43.9 Å². The van der Waals surface area contributed by atoms with Crippen LogP contribution in [0.25, 0.3) is 0 Å². The van der Waals surface area contributed by atoms with E-state index in [9.17, 15) is 22.8 Å². The minimum atomic E-state index is -4.52. The molecule has 0 aliphatic carbocycles. The Morgan fingerprint density at radius 2 is 1.94 bits per heavy atom. The van der Waals surface area contributed by atoms with Crippen LogP contribution >= 0.6 is 0 Å². The number of hydrogen-bond acceptors (Lipinski definition) is 8. The van der Waals surface area contributed by atoms with E-state index in [-0.39, 0.29) is 22.8 Å². The van der Waals surface area contributed by atoms with Crippen molar-refractivity contribution in [2.24, 2.45) is 5.41 Å². The first-order chi connectivity index (χ1) is 14.7. The molecule has 0 bridgehead atoms. The van der Waals surface area contributed by atoms with Gasteiger partial charge in [0.15, 0.2) is 0 Å². The molecule has 0 unspecified atom stereocenters. The summed E-state index contributed by atoms with van der Waals surface area (Å²) in [6.45, 7) is 3.82. The number of nitrogens with one attached hydrogen (secondary N) is 2. The number of hydrogen-bond donors (Lipinski definition) is 2. The molecular weight excluding hydrogens is 417 g/mol. The van der Waals surface area contributed by atoms with Gasteiger partial charge in [-0.15, -0.1) is 0 Å². The van der Waals surface area contributed by atoms with E-state index in [0.29, 0.717) is 38.5 Å². The van der Waals surface area contributed by atoms with Crippen LogP contribution < -0.4 is 20.7 Å². The average molecular weight is 436 g/mol. The third kappa shape index (κ3) is 4.20. The maximum absolute atomic E-state index is 13.0. The number of anilines is 2. The number of carbonyl (C=O) groups is 2. The molecule has 2 fully saturated rings. The number of alkyl halides is 3. The molecule has 31 heavy (non-hydrogen) atoms. The third-order valence-electron chi connectivity index (χ3n) is 5.33. The van der Waals surface area contributed by atoms with E-state index in [1.807, 2.05) is 9.80 Å². The highest BCUT2D eigenvalue weighted by molar-refractivity contribution is 5.92. The van der Waals surface area contributed by atoms with Crippen molar-refractivity contribution in [1.82, 2.24) is 30.8 Å². The predicted octanol–water partition coefficient (Wildman–Crippen LogP) is 0.701. The fourth-order valence-corrected chi connectivity index (χ4v) is 3.93. The van der Waals surface area contributed by atoms with Crippen molar-refractivity contribution in [2.45, 2.75) is 19.5 Å². The van der Waals surface area contributed by atoms with E-state index in [0.717, 1.165) is 12.5 Å². The second kappa shape index (κ2) is 7.63. The van der Waals surface area contributed by atoms with Crippen LogP contribution in [-0.2, 0) is 11.0 Å². The lowest BCUT2D eigenvalue weighted by Crippen LogP contribution is -2.58. The van der Waals surface area contributed by atoms with Gasteiger partial charge < -0.3 is 9.80 Å². The Labute approximate surface area is 174 Å². The molecule has 2 saturated heterocycles. The molecule has 2 aliphatic rings. The van der Waals surface area contributed by atoms with Crippen LogP contribution in [0.5, 0.6) is 0 Å². The summed E-state index contributed by atoms with van der Waals surface area (Å²) >= 11 is 0. The van der Waals surface area contributed by atoms with Gasteiger partial charge in [-0.05, 0) is 19.4 Å². The summed E-state index contributed by atoms with van der Waals surface area (Å²) in [6.07, 6.45) is -1.92. The number of nitrogens with zero attached hydrogens (tertiary/aromatic N) is 6. The summed E-state index contributed by atoms with van der Waals surface area (Å²) in [5, 5.41) is 0. The maximum Gasteiger partial charge on any atom is 0.433 e. The molecule has 2 aromatic rings. The van der Waals surface area contributed by atoms with Gasteiger partial charge in [-0.25, -0.2) is 19.9 Å². The first kappa shape index (κ1) is 20.8. The zero-order valence-corrected chi connectivity index (χ0v) is 16.5. The number of aryl methyl sites for hydroxylation is 1. The van der Waals surface area contributed by atoms with Crippen molar-refractivity contribution >= 4 is 24.1 Å². The molecule has 0 saturated carbocycles. The van der Waals surface area contributed by atoms with Crippen LogP contribution in [0.4, 0.5) is 24.9 Å². The average Bonchev–Trinajstić information content (AvgIpc) is 3.16. The predicted molar refractivity (Wildman–Crippen MR) is 102 cm³/mol. The topological polar surface area (TPSA) is 116 Å². The van der Waals surface area contributed by atoms with Gasteiger partial charge in [0.25, 0.3) is 5.91 Å². The Balaban J connectivity index is 1.43. The standard InChI is InChI=1S/C18H19F3N8O2/c1-11-24-13(18(19,20)21)6-14(25-11)29-8-17(9-29)3-5-28(7-17)16-22-4-2-12(26-16)15(31)27-23-10-30/h2,4,6,10H,3,5,7-9H2,1H3,(H,23,30)(H,27,31). The third-order valence-corrected chi connectivity index (χ3v) is 5.33. The highest BCUT2D eigenvalue weighted by Crippen LogP contribution is 2.42. The fourth-order valence-electron chi connectivity index (χ4n) is 3.93. The molecule has 10 nitrogen and oxygen atoms in total. The molecule has 0 radical (unpaired) electrons. The molecule has 2 aliphatic heterocycles. The Morgan fingerprint density at radius 3 is 2.65 bits per heavy atom. The van der Waals surface area contributed by atoms with Gasteiger partial charge in [0.05, 0.1) is 0 Å². The van der Waals surface area contributed by atoms with Gasteiger partial charge in [0.1, 0.15) is 23.0 Å². The van der Waals surface area contributed by atoms with Crippen LogP contribution in [0.2, 0.25) is 0 Å². The Hall–Kier alpha value is -3.51. The molecule has 4 heterocycles. The van der Waals surface area contributed by atoms with Crippen LogP contribution in [-0.4, -0.2) is 58.4 Å². The number of amides is 2. The second-order valence-corrected chi connectivity index (χ2v) is 7.64. The number of aromatic nitrogens is 4. The highest BCUT2D eigenvalue weighted by atomic mass is 19.4. The first-order valence-electron chi connectivity index (χ1n) is 9.44. The molecule has 2 amide bonds. The van der Waals surface area contributed by atoms with Gasteiger partial charge in [0.2, 0.25) is 12.4 Å². The quantitative estimate of drug-likeness (QED) is 0.520. The Kier molecular flexibility index (Phi) is 5.11. The molecule has 1 spiro atoms. The molecule has 164 valence electrons. The SMILES string of the molecule is Cc1nc(N2CC3(CCN(c4nccc(C(=O)NNC=O)n4)C3)C2)cc(C(F)(F)F)n1.